The molecule has 0 heterocycles. The van der Waals surface area contributed by atoms with Crippen molar-refractivity contribution in [2.45, 2.75) is 19.8 Å². The summed E-state index contributed by atoms with van der Waals surface area (Å²) in [7, 11) is 1.68. The van der Waals surface area contributed by atoms with Crippen LogP contribution >= 0.6 is 0 Å². The van der Waals surface area contributed by atoms with Crippen LogP contribution in [0.4, 0.5) is 0 Å². The monoisotopic (exact) mass is 256 g/mol. The third-order valence-corrected chi connectivity index (χ3v) is 3.03. The number of unbranched alkanes of at least 4 members (excludes halogenated alkanes) is 1. The fourth-order valence-corrected chi connectivity index (χ4v) is 1.92. The molecule has 0 saturated heterocycles. The van der Waals surface area contributed by atoms with E-state index in [1.165, 1.54) is 5.56 Å². The maximum Gasteiger partial charge on any atom is 0.161 e. The number of hydrogen-bond donors (Lipinski definition) is 0. The summed E-state index contributed by atoms with van der Waals surface area (Å²) in [6, 6.07) is 16.3. The van der Waals surface area contributed by atoms with Gasteiger partial charge in [0.25, 0.3) is 0 Å². The molecule has 0 fully saturated rings. The van der Waals surface area contributed by atoms with E-state index < -0.39 is 0 Å². The van der Waals surface area contributed by atoms with Crippen molar-refractivity contribution < 1.29 is 9.47 Å². The largest absolute Gasteiger partial charge is 0.493 e. The van der Waals surface area contributed by atoms with E-state index in [1.807, 2.05) is 30.3 Å². The fraction of sp³-hybridized carbons (Fsp3) is 0.294. The summed E-state index contributed by atoms with van der Waals surface area (Å²) in [5, 5.41) is 0. The first-order chi connectivity index (χ1) is 9.35. The summed E-state index contributed by atoms with van der Waals surface area (Å²) in [6.07, 6.45) is 2.19. The molecule has 2 aromatic rings. The lowest BCUT2D eigenvalue weighted by molar-refractivity contribution is 0.288. The molecule has 2 rings (SSSR count). The molecule has 0 amide bonds. The lowest BCUT2D eigenvalue weighted by Gasteiger charge is -2.12. The van der Waals surface area contributed by atoms with Crippen LogP contribution in [0.5, 0.6) is 11.5 Å². The Bertz CT molecular complexity index is 506. The Morgan fingerprint density at radius 2 is 1.68 bits per heavy atom. The SMILES string of the molecule is CCCCOc1ccc(-c2ccccc2)cc1OC. The third kappa shape index (κ3) is 3.50. The Hall–Kier alpha value is -1.96. The zero-order valence-electron chi connectivity index (χ0n) is 11.6. The van der Waals surface area contributed by atoms with Gasteiger partial charge in [0, 0.05) is 0 Å². The molecule has 19 heavy (non-hydrogen) atoms. The average molecular weight is 256 g/mol. The second-order valence-corrected chi connectivity index (χ2v) is 4.43. The molecule has 0 N–H and O–H groups in total. The van der Waals surface area contributed by atoms with Gasteiger partial charge in [-0.2, -0.15) is 0 Å². The molecule has 2 aromatic carbocycles. The van der Waals surface area contributed by atoms with Gasteiger partial charge in [-0.3, -0.25) is 0 Å². The van der Waals surface area contributed by atoms with E-state index in [0.29, 0.717) is 0 Å². The van der Waals surface area contributed by atoms with E-state index in [4.69, 9.17) is 9.47 Å². The standard InChI is InChI=1S/C17H20O2/c1-3-4-12-19-16-11-10-15(13-17(16)18-2)14-8-6-5-7-9-14/h5-11,13H,3-4,12H2,1-2H3. The first-order valence-electron chi connectivity index (χ1n) is 6.71. The predicted molar refractivity (Wildman–Crippen MR) is 78.8 cm³/mol. The highest BCUT2D eigenvalue weighted by Crippen LogP contribution is 2.32. The number of methoxy groups -OCH3 is 1. The summed E-state index contributed by atoms with van der Waals surface area (Å²) in [4.78, 5) is 0. The molecule has 2 heteroatoms. The molecule has 0 spiro atoms. The van der Waals surface area contributed by atoms with Crippen LogP contribution in [0.2, 0.25) is 0 Å². The maximum absolute atomic E-state index is 5.73. The molecular weight excluding hydrogens is 236 g/mol. The van der Waals surface area contributed by atoms with Gasteiger partial charge in [0.2, 0.25) is 0 Å². The minimum atomic E-state index is 0.734. The van der Waals surface area contributed by atoms with Crippen molar-refractivity contribution in [3.8, 4) is 22.6 Å². The normalized spacial score (nSPS) is 10.2. The van der Waals surface area contributed by atoms with E-state index in [-0.39, 0.29) is 0 Å². The molecule has 0 atom stereocenters. The van der Waals surface area contributed by atoms with Gasteiger partial charge in [0.15, 0.2) is 11.5 Å². The summed E-state index contributed by atoms with van der Waals surface area (Å²) in [5.74, 6) is 1.60. The summed E-state index contributed by atoms with van der Waals surface area (Å²) >= 11 is 0. The zero-order chi connectivity index (χ0) is 13.5. The first-order valence-corrected chi connectivity index (χ1v) is 6.71. The van der Waals surface area contributed by atoms with Crippen molar-refractivity contribution >= 4 is 0 Å². The lowest BCUT2D eigenvalue weighted by Crippen LogP contribution is -1.98. The smallest absolute Gasteiger partial charge is 0.161 e. The Labute approximate surface area is 115 Å². The van der Waals surface area contributed by atoms with Crippen LogP contribution in [0.15, 0.2) is 48.5 Å². The Morgan fingerprint density at radius 3 is 2.37 bits per heavy atom. The Kier molecular flexibility index (Phi) is 4.85. The van der Waals surface area contributed by atoms with E-state index in [0.717, 1.165) is 36.5 Å². The van der Waals surface area contributed by atoms with Crippen molar-refractivity contribution in [2.75, 3.05) is 13.7 Å². The van der Waals surface area contributed by atoms with Gasteiger partial charge in [-0.05, 0) is 29.7 Å². The van der Waals surface area contributed by atoms with Crippen LogP contribution in [0.3, 0.4) is 0 Å². The highest BCUT2D eigenvalue weighted by atomic mass is 16.5. The van der Waals surface area contributed by atoms with Gasteiger partial charge >= 0.3 is 0 Å². The van der Waals surface area contributed by atoms with Crippen molar-refractivity contribution in [3.05, 3.63) is 48.5 Å². The van der Waals surface area contributed by atoms with E-state index in [9.17, 15) is 0 Å². The third-order valence-electron chi connectivity index (χ3n) is 3.03. The zero-order valence-corrected chi connectivity index (χ0v) is 11.6. The molecule has 0 bridgehead atoms. The van der Waals surface area contributed by atoms with Crippen LogP contribution in [0.1, 0.15) is 19.8 Å². The molecule has 0 saturated carbocycles. The van der Waals surface area contributed by atoms with Crippen LogP contribution in [0.25, 0.3) is 11.1 Å². The van der Waals surface area contributed by atoms with E-state index >= 15 is 0 Å². The summed E-state index contributed by atoms with van der Waals surface area (Å²) < 4.78 is 11.1. The van der Waals surface area contributed by atoms with Gasteiger partial charge in [0.05, 0.1) is 13.7 Å². The minimum Gasteiger partial charge on any atom is -0.493 e. The van der Waals surface area contributed by atoms with Gasteiger partial charge < -0.3 is 9.47 Å². The van der Waals surface area contributed by atoms with Crippen LogP contribution < -0.4 is 9.47 Å². The van der Waals surface area contributed by atoms with Crippen molar-refractivity contribution in [1.29, 1.82) is 0 Å². The number of rotatable bonds is 6. The van der Waals surface area contributed by atoms with E-state index in [2.05, 4.69) is 25.1 Å². The van der Waals surface area contributed by atoms with Gasteiger partial charge in [-0.25, -0.2) is 0 Å². The molecule has 0 radical (unpaired) electrons. The molecule has 0 aromatic heterocycles. The molecule has 0 unspecified atom stereocenters. The quantitative estimate of drug-likeness (QED) is 0.706. The first kappa shape index (κ1) is 13.5. The van der Waals surface area contributed by atoms with Crippen LogP contribution in [-0.2, 0) is 0 Å². The molecule has 0 aliphatic carbocycles. The molecule has 0 aliphatic heterocycles. The number of hydrogen-bond acceptors (Lipinski definition) is 2. The second kappa shape index (κ2) is 6.83. The van der Waals surface area contributed by atoms with Crippen LogP contribution in [0, 0.1) is 0 Å². The fourth-order valence-electron chi connectivity index (χ4n) is 1.92. The summed E-state index contributed by atoms with van der Waals surface area (Å²) in [6.45, 7) is 2.89. The lowest BCUT2D eigenvalue weighted by atomic mass is 10.1. The molecule has 100 valence electrons. The number of ether oxygens (including phenoxy) is 2. The van der Waals surface area contributed by atoms with Gasteiger partial charge in [-0.15, -0.1) is 0 Å². The molecule has 2 nitrogen and oxygen atoms in total. The highest BCUT2D eigenvalue weighted by molar-refractivity contribution is 5.67. The van der Waals surface area contributed by atoms with Crippen molar-refractivity contribution in [1.82, 2.24) is 0 Å². The van der Waals surface area contributed by atoms with Gasteiger partial charge in [-0.1, -0.05) is 49.7 Å². The van der Waals surface area contributed by atoms with Crippen molar-refractivity contribution in [2.24, 2.45) is 0 Å². The Balaban J connectivity index is 2.21. The summed E-state index contributed by atoms with van der Waals surface area (Å²) in [5.41, 5.74) is 2.32. The molecular formula is C17H20O2. The average Bonchev–Trinajstić information content (AvgIpc) is 2.48. The van der Waals surface area contributed by atoms with Crippen molar-refractivity contribution in [3.63, 3.8) is 0 Å². The van der Waals surface area contributed by atoms with E-state index in [1.54, 1.807) is 7.11 Å². The minimum absolute atomic E-state index is 0.734. The highest BCUT2D eigenvalue weighted by Gasteiger charge is 2.06. The maximum atomic E-state index is 5.73. The van der Waals surface area contributed by atoms with Crippen LogP contribution in [-0.4, -0.2) is 13.7 Å². The van der Waals surface area contributed by atoms with Gasteiger partial charge in [0.1, 0.15) is 0 Å². The topological polar surface area (TPSA) is 18.5 Å². The number of benzene rings is 2. The second-order valence-electron chi connectivity index (χ2n) is 4.43. The Morgan fingerprint density at radius 1 is 0.895 bits per heavy atom. The molecule has 0 aliphatic rings. The predicted octanol–water partition coefficient (Wildman–Crippen LogP) is 4.54.